The number of aryl methyl sites for hydroxylation is 1. The number of sulfone groups is 1. The van der Waals surface area contributed by atoms with Gasteiger partial charge in [0.25, 0.3) is 0 Å². The van der Waals surface area contributed by atoms with E-state index in [1.807, 2.05) is 6.20 Å². The molecule has 96 valence electrons. The first-order valence-electron chi connectivity index (χ1n) is 6.08. The van der Waals surface area contributed by atoms with Gasteiger partial charge in [-0.15, -0.1) is 0 Å². The summed E-state index contributed by atoms with van der Waals surface area (Å²) in [6.07, 6.45) is 7.20. The van der Waals surface area contributed by atoms with Gasteiger partial charge >= 0.3 is 0 Å². The highest BCUT2D eigenvalue weighted by Gasteiger charge is 2.23. The van der Waals surface area contributed by atoms with Crippen LogP contribution < -0.4 is 5.32 Å². The number of hydrogen-bond donors (Lipinski definition) is 2. The molecule has 1 atom stereocenters. The molecule has 2 heterocycles. The van der Waals surface area contributed by atoms with Crippen LogP contribution in [0.5, 0.6) is 0 Å². The summed E-state index contributed by atoms with van der Waals surface area (Å²) < 4.78 is 22.9. The summed E-state index contributed by atoms with van der Waals surface area (Å²) in [6.45, 7) is 0.848. The zero-order valence-electron chi connectivity index (χ0n) is 9.85. The maximum Gasteiger partial charge on any atom is 0.151 e. The molecule has 1 unspecified atom stereocenters. The highest BCUT2D eigenvalue weighted by atomic mass is 32.2. The lowest BCUT2D eigenvalue weighted by Crippen LogP contribution is -2.40. The summed E-state index contributed by atoms with van der Waals surface area (Å²) in [5.74, 6) is 1.65. The maximum absolute atomic E-state index is 11.4. The monoisotopic (exact) mass is 257 g/mol. The molecule has 1 fully saturated rings. The lowest BCUT2D eigenvalue weighted by atomic mass is 10.2. The van der Waals surface area contributed by atoms with Crippen LogP contribution in [0.25, 0.3) is 0 Å². The zero-order chi connectivity index (χ0) is 12.1. The molecule has 0 radical (unpaired) electrons. The number of nitrogens with one attached hydrogen (secondary N) is 2. The fraction of sp³-hybridized carbons (Fsp3) is 0.727. The van der Waals surface area contributed by atoms with Crippen LogP contribution in [0.2, 0.25) is 0 Å². The molecule has 17 heavy (non-hydrogen) atoms. The molecule has 5 nitrogen and oxygen atoms in total. The van der Waals surface area contributed by atoms with Gasteiger partial charge in [0.15, 0.2) is 9.84 Å². The minimum Gasteiger partial charge on any atom is -0.349 e. The highest BCUT2D eigenvalue weighted by Crippen LogP contribution is 2.11. The molecule has 1 saturated heterocycles. The van der Waals surface area contributed by atoms with Gasteiger partial charge in [-0.2, -0.15) is 0 Å². The average molecular weight is 257 g/mol. The fourth-order valence-corrected chi connectivity index (χ4v) is 3.85. The molecule has 1 aromatic rings. The van der Waals surface area contributed by atoms with Gasteiger partial charge in [0.1, 0.15) is 5.82 Å². The summed E-state index contributed by atoms with van der Waals surface area (Å²) in [7, 11) is -2.79. The van der Waals surface area contributed by atoms with Gasteiger partial charge < -0.3 is 10.3 Å². The van der Waals surface area contributed by atoms with Crippen molar-refractivity contribution in [1.82, 2.24) is 15.3 Å². The third kappa shape index (κ3) is 4.12. The molecule has 0 aliphatic carbocycles. The minimum atomic E-state index is -2.79. The van der Waals surface area contributed by atoms with E-state index in [-0.39, 0.29) is 6.04 Å². The predicted molar refractivity (Wildman–Crippen MR) is 66.6 cm³/mol. The highest BCUT2D eigenvalue weighted by molar-refractivity contribution is 7.91. The van der Waals surface area contributed by atoms with E-state index in [0.29, 0.717) is 11.5 Å². The van der Waals surface area contributed by atoms with E-state index in [1.54, 1.807) is 6.20 Å². The van der Waals surface area contributed by atoms with Crippen LogP contribution in [0.15, 0.2) is 12.4 Å². The van der Waals surface area contributed by atoms with Crippen LogP contribution in [0.1, 0.15) is 25.1 Å². The first-order valence-corrected chi connectivity index (χ1v) is 7.90. The molecular formula is C11H19N3O2S. The van der Waals surface area contributed by atoms with E-state index in [0.717, 1.165) is 38.1 Å². The van der Waals surface area contributed by atoms with Crippen molar-refractivity contribution < 1.29 is 8.42 Å². The Kier molecular flexibility index (Phi) is 4.17. The Morgan fingerprint density at radius 3 is 3.12 bits per heavy atom. The SMILES string of the molecule is O=S1(=O)CCCC(NCCCc2ncc[nH]2)C1. The Morgan fingerprint density at radius 2 is 2.41 bits per heavy atom. The van der Waals surface area contributed by atoms with Gasteiger partial charge in [-0.05, 0) is 25.8 Å². The molecule has 2 N–H and O–H groups in total. The van der Waals surface area contributed by atoms with E-state index in [2.05, 4.69) is 15.3 Å². The number of imidazole rings is 1. The summed E-state index contributed by atoms with van der Waals surface area (Å²) in [5, 5.41) is 3.32. The molecule has 0 amide bonds. The van der Waals surface area contributed by atoms with Gasteiger partial charge in [0, 0.05) is 24.9 Å². The quantitative estimate of drug-likeness (QED) is 0.754. The second-order valence-electron chi connectivity index (χ2n) is 4.55. The summed E-state index contributed by atoms with van der Waals surface area (Å²) in [4.78, 5) is 7.20. The van der Waals surface area contributed by atoms with Crippen molar-refractivity contribution in [3.05, 3.63) is 18.2 Å². The maximum atomic E-state index is 11.4. The van der Waals surface area contributed by atoms with Crippen molar-refractivity contribution in [3.8, 4) is 0 Å². The Bertz CT molecular complexity index is 428. The summed E-state index contributed by atoms with van der Waals surface area (Å²) in [5.41, 5.74) is 0. The molecule has 1 aliphatic rings. The normalized spacial score (nSPS) is 23.6. The molecule has 0 saturated carbocycles. The van der Waals surface area contributed by atoms with E-state index >= 15 is 0 Å². The van der Waals surface area contributed by atoms with Gasteiger partial charge in [-0.3, -0.25) is 0 Å². The molecule has 2 rings (SSSR count). The largest absolute Gasteiger partial charge is 0.349 e. The van der Waals surface area contributed by atoms with Crippen LogP contribution in [0.3, 0.4) is 0 Å². The minimum absolute atomic E-state index is 0.144. The van der Waals surface area contributed by atoms with Crippen molar-refractivity contribution in [1.29, 1.82) is 0 Å². The van der Waals surface area contributed by atoms with Crippen LogP contribution >= 0.6 is 0 Å². The van der Waals surface area contributed by atoms with E-state index in [1.165, 1.54) is 0 Å². The number of aromatic nitrogens is 2. The third-order valence-corrected chi connectivity index (χ3v) is 4.86. The average Bonchev–Trinajstić information content (AvgIpc) is 2.76. The van der Waals surface area contributed by atoms with Crippen LogP contribution in [-0.4, -0.2) is 42.5 Å². The Hall–Kier alpha value is -0.880. The van der Waals surface area contributed by atoms with Crippen LogP contribution in [0.4, 0.5) is 0 Å². The number of H-pyrrole nitrogens is 1. The smallest absolute Gasteiger partial charge is 0.151 e. The van der Waals surface area contributed by atoms with E-state index in [4.69, 9.17) is 0 Å². The Balaban J connectivity index is 1.65. The predicted octanol–water partition coefficient (Wildman–Crippen LogP) is 0.509. The van der Waals surface area contributed by atoms with Gasteiger partial charge in [0.05, 0.1) is 11.5 Å². The molecule has 1 aromatic heterocycles. The zero-order valence-corrected chi connectivity index (χ0v) is 10.7. The molecule has 0 spiro atoms. The molecule has 1 aliphatic heterocycles. The van der Waals surface area contributed by atoms with Gasteiger partial charge in [-0.1, -0.05) is 0 Å². The first kappa shape index (κ1) is 12.6. The summed E-state index contributed by atoms with van der Waals surface area (Å²) in [6, 6.07) is 0.144. The third-order valence-electron chi connectivity index (χ3n) is 3.04. The summed E-state index contributed by atoms with van der Waals surface area (Å²) >= 11 is 0. The standard InChI is InChI=1S/C11H19N3O2S/c15-17(16)8-2-3-10(9-17)12-5-1-4-11-13-6-7-14-11/h6-7,10,12H,1-5,8-9H2,(H,13,14). The molecule has 0 bridgehead atoms. The number of hydrogen-bond acceptors (Lipinski definition) is 4. The second kappa shape index (κ2) is 5.64. The molecular weight excluding hydrogens is 238 g/mol. The Morgan fingerprint density at radius 1 is 1.53 bits per heavy atom. The number of rotatable bonds is 5. The van der Waals surface area contributed by atoms with Gasteiger partial charge in [-0.25, -0.2) is 13.4 Å². The van der Waals surface area contributed by atoms with E-state index < -0.39 is 9.84 Å². The molecule has 6 heteroatoms. The Labute approximate surface area is 102 Å². The van der Waals surface area contributed by atoms with Crippen molar-refractivity contribution >= 4 is 9.84 Å². The lowest BCUT2D eigenvalue weighted by molar-refractivity contribution is 0.475. The van der Waals surface area contributed by atoms with Crippen molar-refractivity contribution in [2.75, 3.05) is 18.1 Å². The number of aromatic amines is 1. The second-order valence-corrected chi connectivity index (χ2v) is 6.78. The van der Waals surface area contributed by atoms with Gasteiger partial charge in [0.2, 0.25) is 0 Å². The topological polar surface area (TPSA) is 74.8 Å². The van der Waals surface area contributed by atoms with Crippen molar-refractivity contribution in [2.24, 2.45) is 0 Å². The first-order chi connectivity index (χ1) is 8.16. The van der Waals surface area contributed by atoms with Crippen molar-refractivity contribution in [2.45, 2.75) is 31.7 Å². The van der Waals surface area contributed by atoms with E-state index in [9.17, 15) is 8.42 Å². The lowest BCUT2D eigenvalue weighted by Gasteiger charge is -2.22. The van der Waals surface area contributed by atoms with Crippen LogP contribution in [-0.2, 0) is 16.3 Å². The van der Waals surface area contributed by atoms with Crippen molar-refractivity contribution in [3.63, 3.8) is 0 Å². The fourth-order valence-electron chi connectivity index (χ4n) is 2.18. The van der Waals surface area contributed by atoms with Crippen LogP contribution in [0, 0.1) is 0 Å². The molecule has 0 aromatic carbocycles. The number of nitrogens with zero attached hydrogens (tertiary/aromatic N) is 1.